The number of likely N-dealkylation sites (tertiary alicyclic amines) is 1. The molecule has 0 saturated carbocycles. The molecule has 1 amide bonds. The monoisotopic (exact) mass is 350 g/mol. The Bertz CT molecular complexity index is 842. The van der Waals surface area contributed by atoms with Crippen molar-refractivity contribution in [3.63, 3.8) is 0 Å². The van der Waals surface area contributed by atoms with Crippen LogP contribution in [0.2, 0.25) is 0 Å². The molecular weight excluding hydrogens is 328 g/mol. The fourth-order valence-corrected chi connectivity index (χ4v) is 3.59. The maximum Gasteiger partial charge on any atom is 0.257 e. The number of carbonyl (C=O) groups is 1. The van der Waals surface area contributed by atoms with Crippen LogP contribution in [0.3, 0.4) is 0 Å². The normalized spacial score (nSPS) is 17.4. The van der Waals surface area contributed by atoms with Gasteiger partial charge in [0.1, 0.15) is 18.4 Å². The third-order valence-electron chi connectivity index (χ3n) is 4.94. The first-order valence-corrected chi connectivity index (χ1v) is 9.01. The molecule has 134 valence electrons. The standard InChI is InChI=1S/C20H22N4O2/c25-20(18-8-10-26-14-18)23-9-4-7-17(13-23)11-19-22-21-15-24(19)12-16-5-2-1-3-6-16/h1-3,5-6,8,10,14-15,17H,4,7,9,11-13H2. The number of amides is 1. The first kappa shape index (κ1) is 16.6. The fraction of sp³-hybridized carbons (Fsp3) is 0.350. The maximum absolute atomic E-state index is 12.5. The second-order valence-electron chi connectivity index (χ2n) is 6.84. The minimum absolute atomic E-state index is 0.0502. The van der Waals surface area contributed by atoms with Crippen molar-refractivity contribution >= 4 is 5.91 Å². The van der Waals surface area contributed by atoms with Crippen molar-refractivity contribution in [3.8, 4) is 0 Å². The molecular formula is C20H22N4O2. The first-order valence-electron chi connectivity index (χ1n) is 9.01. The van der Waals surface area contributed by atoms with E-state index >= 15 is 0 Å². The number of nitrogens with zero attached hydrogens (tertiary/aromatic N) is 4. The summed E-state index contributed by atoms with van der Waals surface area (Å²) in [7, 11) is 0. The van der Waals surface area contributed by atoms with E-state index in [1.807, 2.05) is 23.1 Å². The van der Waals surface area contributed by atoms with Crippen LogP contribution in [0.5, 0.6) is 0 Å². The van der Waals surface area contributed by atoms with E-state index in [9.17, 15) is 4.79 Å². The van der Waals surface area contributed by atoms with Crippen LogP contribution in [0.4, 0.5) is 0 Å². The Labute approximate surface area is 152 Å². The number of furan rings is 1. The largest absolute Gasteiger partial charge is 0.472 e. The smallest absolute Gasteiger partial charge is 0.257 e. The molecule has 1 atom stereocenters. The zero-order valence-electron chi connectivity index (χ0n) is 14.6. The average molecular weight is 350 g/mol. The lowest BCUT2D eigenvalue weighted by atomic mass is 9.94. The van der Waals surface area contributed by atoms with Gasteiger partial charge in [0.25, 0.3) is 5.91 Å². The van der Waals surface area contributed by atoms with Gasteiger partial charge < -0.3 is 13.9 Å². The molecule has 1 aliphatic rings. The van der Waals surface area contributed by atoms with Crippen LogP contribution in [0, 0.1) is 5.92 Å². The Morgan fingerprint density at radius 1 is 1.23 bits per heavy atom. The fourth-order valence-electron chi connectivity index (χ4n) is 3.59. The minimum atomic E-state index is 0.0502. The van der Waals surface area contributed by atoms with Crippen LogP contribution < -0.4 is 0 Å². The molecule has 1 unspecified atom stereocenters. The summed E-state index contributed by atoms with van der Waals surface area (Å²) in [4.78, 5) is 14.5. The van der Waals surface area contributed by atoms with Gasteiger partial charge in [-0.25, -0.2) is 0 Å². The highest BCUT2D eigenvalue weighted by molar-refractivity contribution is 5.93. The van der Waals surface area contributed by atoms with Gasteiger partial charge in [-0.15, -0.1) is 10.2 Å². The Hall–Kier alpha value is -2.89. The summed E-state index contributed by atoms with van der Waals surface area (Å²) in [5, 5.41) is 8.42. The van der Waals surface area contributed by atoms with Gasteiger partial charge in [0.05, 0.1) is 18.4 Å². The Kier molecular flexibility index (Phi) is 4.82. The van der Waals surface area contributed by atoms with E-state index in [0.29, 0.717) is 11.5 Å². The Balaban J connectivity index is 1.41. The van der Waals surface area contributed by atoms with Crippen LogP contribution >= 0.6 is 0 Å². The maximum atomic E-state index is 12.5. The summed E-state index contributed by atoms with van der Waals surface area (Å²) in [5.41, 5.74) is 1.85. The molecule has 0 spiro atoms. The van der Waals surface area contributed by atoms with Crippen LogP contribution in [0.25, 0.3) is 0 Å². The summed E-state index contributed by atoms with van der Waals surface area (Å²) in [6.07, 6.45) is 7.80. The van der Waals surface area contributed by atoms with Crippen molar-refractivity contribution < 1.29 is 9.21 Å². The van der Waals surface area contributed by atoms with Gasteiger partial charge in [-0.2, -0.15) is 0 Å². The third-order valence-corrected chi connectivity index (χ3v) is 4.94. The SMILES string of the molecule is O=C(c1ccoc1)N1CCCC(Cc2nncn2Cc2ccccc2)C1. The summed E-state index contributed by atoms with van der Waals surface area (Å²) in [6, 6.07) is 12.0. The van der Waals surface area contributed by atoms with Crippen LogP contribution in [0.1, 0.15) is 34.6 Å². The zero-order chi connectivity index (χ0) is 17.8. The number of hydrogen-bond acceptors (Lipinski definition) is 4. The van der Waals surface area contributed by atoms with Gasteiger partial charge >= 0.3 is 0 Å². The lowest BCUT2D eigenvalue weighted by Crippen LogP contribution is -2.40. The summed E-state index contributed by atoms with van der Waals surface area (Å²) < 4.78 is 7.15. The van der Waals surface area contributed by atoms with Gasteiger partial charge in [0.2, 0.25) is 0 Å². The zero-order valence-corrected chi connectivity index (χ0v) is 14.6. The van der Waals surface area contributed by atoms with Crippen molar-refractivity contribution in [1.82, 2.24) is 19.7 Å². The molecule has 1 fully saturated rings. The predicted molar refractivity (Wildman–Crippen MR) is 96.6 cm³/mol. The van der Waals surface area contributed by atoms with Crippen LogP contribution in [0.15, 0.2) is 59.7 Å². The van der Waals surface area contributed by atoms with Gasteiger partial charge in [0.15, 0.2) is 0 Å². The van der Waals surface area contributed by atoms with E-state index in [1.165, 1.54) is 11.8 Å². The molecule has 1 aromatic carbocycles. The van der Waals surface area contributed by atoms with E-state index in [-0.39, 0.29) is 5.91 Å². The summed E-state index contributed by atoms with van der Waals surface area (Å²) in [5.74, 6) is 1.43. The topological polar surface area (TPSA) is 64.2 Å². The number of piperidine rings is 1. The van der Waals surface area contributed by atoms with Gasteiger partial charge in [-0.1, -0.05) is 30.3 Å². The number of hydrogen-bond donors (Lipinski definition) is 0. The number of benzene rings is 1. The molecule has 0 bridgehead atoms. The highest BCUT2D eigenvalue weighted by Gasteiger charge is 2.26. The molecule has 26 heavy (non-hydrogen) atoms. The molecule has 1 aliphatic heterocycles. The van der Waals surface area contributed by atoms with Gasteiger partial charge in [0, 0.05) is 19.5 Å². The lowest BCUT2D eigenvalue weighted by molar-refractivity contribution is 0.0671. The third kappa shape index (κ3) is 3.69. The first-order chi connectivity index (χ1) is 12.8. The molecule has 1 saturated heterocycles. The summed E-state index contributed by atoms with van der Waals surface area (Å²) >= 11 is 0. The molecule has 6 heteroatoms. The van der Waals surface area contributed by atoms with Crippen molar-refractivity contribution in [2.24, 2.45) is 5.92 Å². The van der Waals surface area contributed by atoms with Crippen molar-refractivity contribution in [3.05, 3.63) is 72.2 Å². The van der Waals surface area contributed by atoms with Crippen LogP contribution in [-0.4, -0.2) is 38.7 Å². The van der Waals surface area contributed by atoms with E-state index in [2.05, 4.69) is 26.9 Å². The Morgan fingerprint density at radius 2 is 2.12 bits per heavy atom. The molecule has 4 rings (SSSR count). The lowest BCUT2D eigenvalue weighted by Gasteiger charge is -2.32. The second-order valence-corrected chi connectivity index (χ2v) is 6.84. The van der Waals surface area contributed by atoms with Crippen molar-refractivity contribution in [2.45, 2.75) is 25.8 Å². The van der Waals surface area contributed by atoms with E-state index in [0.717, 1.165) is 44.7 Å². The predicted octanol–water partition coefficient (Wildman–Crippen LogP) is 3.01. The molecule has 3 heterocycles. The van der Waals surface area contributed by atoms with Gasteiger partial charge in [-0.3, -0.25) is 4.79 Å². The molecule has 0 radical (unpaired) electrons. The molecule has 0 N–H and O–H groups in total. The van der Waals surface area contributed by atoms with Gasteiger partial charge in [-0.05, 0) is 30.4 Å². The highest BCUT2D eigenvalue weighted by Crippen LogP contribution is 2.22. The van der Waals surface area contributed by atoms with E-state index in [4.69, 9.17) is 4.42 Å². The molecule has 6 nitrogen and oxygen atoms in total. The van der Waals surface area contributed by atoms with Crippen LogP contribution in [-0.2, 0) is 13.0 Å². The van der Waals surface area contributed by atoms with Crippen molar-refractivity contribution in [1.29, 1.82) is 0 Å². The van der Waals surface area contributed by atoms with Crippen molar-refractivity contribution in [2.75, 3.05) is 13.1 Å². The number of rotatable bonds is 5. The molecule has 0 aliphatic carbocycles. The summed E-state index contributed by atoms with van der Waals surface area (Å²) in [6.45, 7) is 2.33. The van der Waals surface area contributed by atoms with E-state index in [1.54, 1.807) is 18.7 Å². The number of aromatic nitrogens is 3. The second kappa shape index (κ2) is 7.56. The number of carbonyl (C=O) groups excluding carboxylic acids is 1. The quantitative estimate of drug-likeness (QED) is 0.709. The average Bonchev–Trinajstić information content (AvgIpc) is 3.35. The Morgan fingerprint density at radius 3 is 2.92 bits per heavy atom. The van der Waals surface area contributed by atoms with E-state index < -0.39 is 0 Å². The highest BCUT2D eigenvalue weighted by atomic mass is 16.3. The minimum Gasteiger partial charge on any atom is -0.472 e. The molecule has 3 aromatic rings. The molecule has 2 aromatic heterocycles.